The number of nitrogens with zero attached hydrogens (tertiary/aromatic N) is 1. The number of benzene rings is 2. The molecule has 0 unspecified atom stereocenters. The Balaban J connectivity index is 1.67. The van der Waals surface area contributed by atoms with Crippen LogP contribution in [0.2, 0.25) is 0 Å². The van der Waals surface area contributed by atoms with Gasteiger partial charge in [-0.05, 0) is 53.9 Å². The molecule has 2 aromatic carbocycles. The van der Waals surface area contributed by atoms with Crippen LogP contribution in [-0.2, 0) is 19.6 Å². The van der Waals surface area contributed by atoms with E-state index in [1.54, 1.807) is 19.2 Å². The number of unbranched alkanes of at least 4 members (excludes halogenated alkanes) is 3. The molecule has 0 bridgehead atoms. The standard InChI is InChI=1S/C27H33FN2O3/c1-3-4-5-6-15-29-27(31)26-14-13-25(33-26)20-30(18-21-9-7-11-23(28)16-21)19-22-10-8-12-24(17-22)32-2/h7-14,16-17H,3-6,15,18-20H2,1-2H3,(H,29,31). The molecule has 0 radical (unpaired) electrons. The second-order valence-electron chi connectivity index (χ2n) is 8.21. The van der Waals surface area contributed by atoms with E-state index in [0.29, 0.717) is 37.7 Å². The summed E-state index contributed by atoms with van der Waals surface area (Å²) < 4.78 is 24.9. The van der Waals surface area contributed by atoms with E-state index in [-0.39, 0.29) is 11.7 Å². The van der Waals surface area contributed by atoms with E-state index in [1.807, 2.05) is 36.4 Å². The Morgan fingerprint density at radius 3 is 2.45 bits per heavy atom. The highest BCUT2D eigenvalue weighted by Gasteiger charge is 2.15. The molecule has 176 valence electrons. The molecule has 3 aromatic rings. The topological polar surface area (TPSA) is 54.7 Å². The fourth-order valence-electron chi connectivity index (χ4n) is 3.74. The summed E-state index contributed by atoms with van der Waals surface area (Å²) in [7, 11) is 1.64. The van der Waals surface area contributed by atoms with Gasteiger partial charge in [-0.15, -0.1) is 0 Å². The number of carbonyl (C=O) groups excluding carboxylic acids is 1. The molecule has 0 aliphatic heterocycles. The molecule has 0 saturated heterocycles. The first-order chi connectivity index (χ1) is 16.1. The first-order valence-electron chi connectivity index (χ1n) is 11.5. The molecule has 1 amide bonds. The molecule has 6 heteroatoms. The number of nitrogens with one attached hydrogen (secondary N) is 1. The van der Waals surface area contributed by atoms with Gasteiger partial charge in [-0.25, -0.2) is 4.39 Å². The predicted molar refractivity (Wildman–Crippen MR) is 128 cm³/mol. The van der Waals surface area contributed by atoms with E-state index in [2.05, 4.69) is 17.1 Å². The monoisotopic (exact) mass is 452 g/mol. The fraction of sp³-hybridized carbons (Fsp3) is 0.370. The zero-order valence-corrected chi connectivity index (χ0v) is 19.5. The quantitative estimate of drug-likeness (QED) is 0.326. The second kappa shape index (κ2) is 12.8. The molecule has 5 nitrogen and oxygen atoms in total. The van der Waals surface area contributed by atoms with Crippen molar-refractivity contribution in [3.05, 3.63) is 89.1 Å². The van der Waals surface area contributed by atoms with Crippen molar-refractivity contribution in [2.75, 3.05) is 13.7 Å². The highest BCUT2D eigenvalue weighted by Crippen LogP contribution is 2.19. The van der Waals surface area contributed by atoms with Crippen LogP contribution < -0.4 is 10.1 Å². The molecule has 0 fully saturated rings. The number of furan rings is 1. The number of hydrogen-bond acceptors (Lipinski definition) is 4. The maximum atomic E-state index is 13.7. The molecule has 33 heavy (non-hydrogen) atoms. The van der Waals surface area contributed by atoms with E-state index in [1.165, 1.54) is 18.6 Å². The zero-order chi connectivity index (χ0) is 23.5. The molecule has 0 aliphatic carbocycles. The number of amides is 1. The number of carbonyl (C=O) groups is 1. The minimum Gasteiger partial charge on any atom is -0.497 e. The van der Waals surface area contributed by atoms with Gasteiger partial charge in [-0.3, -0.25) is 9.69 Å². The number of methoxy groups -OCH3 is 1. The summed E-state index contributed by atoms with van der Waals surface area (Å²) in [6, 6.07) is 18.0. The molecule has 0 atom stereocenters. The molecule has 1 aromatic heterocycles. The molecule has 0 saturated carbocycles. The minimum absolute atomic E-state index is 0.192. The van der Waals surface area contributed by atoms with Gasteiger partial charge in [0, 0.05) is 19.6 Å². The lowest BCUT2D eigenvalue weighted by Crippen LogP contribution is -2.24. The van der Waals surface area contributed by atoms with Gasteiger partial charge in [0.2, 0.25) is 0 Å². The smallest absolute Gasteiger partial charge is 0.286 e. The van der Waals surface area contributed by atoms with Crippen LogP contribution in [-0.4, -0.2) is 24.5 Å². The van der Waals surface area contributed by atoms with E-state index in [4.69, 9.17) is 9.15 Å². The summed E-state index contributed by atoms with van der Waals surface area (Å²) in [6.45, 7) is 4.45. The van der Waals surface area contributed by atoms with Gasteiger partial charge >= 0.3 is 0 Å². The third kappa shape index (κ3) is 8.06. The summed E-state index contributed by atoms with van der Waals surface area (Å²) >= 11 is 0. The first kappa shape index (κ1) is 24.5. The van der Waals surface area contributed by atoms with Crippen molar-refractivity contribution in [1.82, 2.24) is 10.2 Å². The van der Waals surface area contributed by atoms with E-state index < -0.39 is 0 Å². The molecule has 0 spiro atoms. The van der Waals surface area contributed by atoms with E-state index in [0.717, 1.165) is 36.1 Å². The van der Waals surface area contributed by atoms with Crippen molar-refractivity contribution in [3.8, 4) is 5.75 Å². The highest BCUT2D eigenvalue weighted by atomic mass is 19.1. The molecular weight excluding hydrogens is 419 g/mol. The van der Waals surface area contributed by atoms with E-state index in [9.17, 15) is 9.18 Å². The molecule has 1 N–H and O–H groups in total. The Hall–Kier alpha value is -3.12. The summed E-state index contributed by atoms with van der Waals surface area (Å²) in [4.78, 5) is 14.5. The Kier molecular flexibility index (Phi) is 9.51. The van der Waals surface area contributed by atoms with Crippen LogP contribution in [0.4, 0.5) is 4.39 Å². The minimum atomic E-state index is -0.260. The van der Waals surface area contributed by atoms with Gasteiger partial charge in [-0.2, -0.15) is 0 Å². The Morgan fingerprint density at radius 2 is 1.73 bits per heavy atom. The maximum absolute atomic E-state index is 13.7. The molecule has 3 rings (SSSR count). The lowest BCUT2D eigenvalue weighted by Gasteiger charge is -2.22. The number of hydrogen-bond donors (Lipinski definition) is 1. The molecule has 1 heterocycles. The van der Waals surface area contributed by atoms with Crippen molar-refractivity contribution in [1.29, 1.82) is 0 Å². The van der Waals surface area contributed by atoms with Gasteiger partial charge in [-0.1, -0.05) is 50.5 Å². The normalized spacial score (nSPS) is 11.0. The molecular formula is C27H33FN2O3. The SMILES string of the molecule is CCCCCCNC(=O)c1ccc(CN(Cc2cccc(F)c2)Cc2cccc(OC)c2)o1. The zero-order valence-electron chi connectivity index (χ0n) is 19.5. The van der Waals surface area contributed by atoms with Gasteiger partial charge in [0.15, 0.2) is 5.76 Å². The Morgan fingerprint density at radius 1 is 0.970 bits per heavy atom. The van der Waals surface area contributed by atoms with Crippen molar-refractivity contribution >= 4 is 5.91 Å². The van der Waals surface area contributed by atoms with Crippen molar-refractivity contribution in [2.45, 2.75) is 52.2 Å². The lowest BCUT2D eigenvalue weighted by molar-refractivity contribution is 0.0920. The second-order valence-corrected chi connectivity index (χ2v) is 8.21. The van der Waals surface area contributed by atoms with Gasteiger partial charge < -0.3 is 14.5 Å². The third-order valence-electron chi connectivity index (χ3n) is 5.42. The lowest BCUT2D eigenvalue weighted by atomic mass is 10.1. The third-order valence-corrected chi connectivity index (χ3v) is 5.42. The number of ether oxygens (including phenoxy) is 1. The summed E-state index contributed by atoms with van der Waals surface area (Å²) in [5.74, 6) is 1.33. The van der Waals surface area contributed by atoms with Crippen LogP contribution in [0.3, 0.4) is 0 Å². The van der Waals surface area contributed by atoms with Crippen LogP contribution in [0.25, 0.3) is 0 Å². The Labute approximate surface area is 195 Å². The Bertz CT molecular complexity index is 1020. The number of rotatable bonds is 13. The highest BCUT2D eigenvalue weighted by molar-refractivity contribution is 5.91. The van der Waals surface area contributed by atoms with Gasteiger partial charge in [0.05, 0.1) is 13.7 Å². The van der Waals surface area contributed by atoms with Crippen LogP contribution >= 0.6 is 0 Å². The number of halogens is 1. The summed E-state index contributed by atoms with van der Waals surface area (Å²) in [6.07, 6.45) is 4.42. The first-order valence-corrected chi connectivity index (χ1v) is 11.5. The average molecular weight is 453 g/mol. The van der Waals surface area contributed by atoms with Crippen LogP contribution in [0.15, 0.2) is 65.1 Å². The van der Waals surface area contributed by atoms with Crippen molar-refractivity contribution in [3.63, 3.8) is 0 Å². The van der Waals surface area contributed by atoms with Crippen LogP contribution in [0.1, 0.15) is 60.0 Å². The maximum Gasteiger partial charge on any atom is 0.286 e. The van der Waals surface area contributed by atoms with Gasteiger partial charge in [0.1, 0.15) is 17.3 Å². The average Bonchev–Trinajstić information content (AvgIpc) is 3.27. The summed E-state index contributed by atoms with van der Waals surface area (Å²) in [5, 5.41) is 2.92. The fourth-order valence-corrected chi connectivity index (χ4v) is 3.74. The van der Waals surface area contributed by atoms with Crippen LogP contribution in [0.5, 0.6) is 5.75 Å². The summed E-state index contributed by atoms with van der Waals surface area (Å²) in [5.41, 5.74) is 1.94. The largest absolute Gasteiger partial charge is 0.497 e. The molecule has 0 aliphatic rings. The van der Waals surface area contributed by atoms with E-state index >= 15 is 0 Å². The van der Waals surface area contributed by atoms with Crippen molar-refractivity contribution < 1.29 is 18.3 Å². The van der Waals surface area contributed by atoms with Crippen molar-refractivity contribution in [2.24, 2.45) is 0 Å². The van der Waals surface area contributed by atoms with Crippen LogP contribution in [0, 0.1) is 5.82 Å². The van der Waals surface area contributed by atoms with Gasteiger partial charge in [0.25, 0.3) is 5.91 Å². The predicted octanol–water partition coefficient (Wildman–Crippen LogP) is 5.94.